The number of nitrogens with zero attached hydrogens (tertiary/aromatic N) is 3. The van der Waals surface area contributed by atoms with Crippen LogP contribution < -0.4 is 5.49 Å². The van der Waals surface area contributed by atoms with Crippen LogP contribution in [0.3, 0.4) is 0 Å². The molecule has 4 nitrogen and oxygen atoms in total. The van der Waals surface area contributed by atoms with Gasteiger partial charge in [0.25, 0.3) is 5.91 Å². The standard InChI is InChI=1S/C13H16F3N3O/c1-12(7-19(8-12)9-13(14,15)16)11(20)17-10-5-3-4-6-18(10)2/h3-6H,7-9H2,1-2H3. The highest BCUT2D eigenvalue weighted by molar-refractivity contribution is 5.84. The maximum atomic E-state index is 12.2. The lowest BCUT2D eigenvalue weighted by Crippen LogP contribution is -2.60. The Balaban J connectivity index is 2.05. The minimum absolute atomic E-state index is 0.0887. The third-order valence-electron chi connectivity index (χ3n) is 3.31. The van der Waals surface area contributed by atoms with E-state index < -0.39 is 18.1 Å². The van der Waals surface area contributed by atoms with Crippen molar-refractivity contribution in [2.24, 2.45) is 17.5 Å². The summed E-state index contributed by atoms with van der Waals surface area (Å²) in [5.41, 5.74) is -0.332. The first kappa shape index (κ1) is 14.8. The summed E-state index contributed by atoms with van der Waals surface area (Å²) in [4.78, 5) is 17.3. The number of amides is 1. The highest BCUT2D eigenvalue weighted by Gasteiger charge is 2.48. The van der Waals surface area contributed by atoms with E-state index in [-0.39, 0.29) is 19.0 Å². The fourth-order valence-corrected chi connectivity index (χ4v) is 2.31. The van der Waals surface area contributed by atoms with Crippen LogP contribution >= 0.6 is 0 Å². The summed E-state index contributed by atoms with van der Waals surface area (Å²) in [6, 6.07) is 5.25. The lowest BCUT2D eigenvalue weighted by atomic mass is 9.81. The average molecular weight is 287 g/mol. The Morgan fingerprint density at radius 1 is 1.40 bits per heavy atom. The van der Waals surface area contributed by atoms with Crippen molar-refractivity contribution in [2.45, 2.75) is 13.1 Å². The number of aromatic nitrogens is 1. The first-order valence-electron chi connectivity index (χ1n) is 6.20. The summed E-state index contributed by atoms with van der Waals surface area (Å²) < 4.78 is 38.4. The van der Waals surface area contributed by atoms with Gasteiger partial charge in [-0.25, -0.2) is 0 Å². The van der Waals surface area contributed by atoms with Crippen LogP contribution in [0.2, 0.25) is 0 Å². The lowest BCUT2D eigenvalue weighted by Gasteiger charge is -2.45. The van der Waals surface area contributed by atoms with Crippen molar-refractivity contribution < 1.29 is 18.0 Å². The molecule has 0 aliphatic carbocycles. The summed E-state index contributed by atoms with van der Waals surface area (Å²) in [7, 11) is 1.76. The first-order chi connectivity index (χ1) is 9.20. The maximum Gasteiger partial charge on any atom is 0.401 e. The van der Waals surface area contributed by atoms with Crippen LogP contribution in [0.1, 0.15) is 6.92 Å². The van der Waals surface area contributed by atoms with Gasteiger partial charge in [0.1, 0.15) is 5.49 Å². The summed E-state index contributed by atoms with van der Waals surface area (Å²) >= 11 is 0. The van der Waals surface area contributed by atoms with E-state index in [0.717, 1.165) is 0 Å². The number of rotatable bonds is 2. The highest BCUT2D eigenvalue weighted by atomic mass is 19.4. The number of carbonyl (C=O) groups is 1. The summed E-state index contributed by atoms with van der Waals surface area (Å²) in [5.74, 6) is -0.377. The predicted molar refractivity (Wildman–Crippen MR) is 66.6 cm³/mol. The molecule has 0 atom stereocenters. The molecule has 2 rings (SSSR count). The molecule has 1 aromatic rings. The van der Waals surface area contributed by atoms with Crippen LogP contribution in [-0.4, -0.2) is 41.2 Å². The van der Waals surface area contributed by atoms with E-state index in [9.17, 15) is 18.0 Å². The van der Waals surface area contributed by atoms with Crippen molar-refractivity contribution in [3.05, 3.63) is 29.9 Å². The number of likely N-dealkylation sites (tertiary alicyclic amines) is 1. The molecule has 1 aliphatic rings. The second-order valence-corrected chi connectivity index (χ2v) is 5.41. The van der Waals surface area contributed by atoms with Gasteiger partial charge in [-0.05, 0) is 19.1 Å². The van der Waals surface area contributed by atoms with Gasteiger partial charge in [0, 0.05) is 26.3 Å². The molecule has 1 aromatic heterocycles. The number of aryl methyl sites for hydroxylation is 1. The second-order valence-electron chi connectivity index (χ2n) is 5.41. The topological polar surface area (TPSA) is 37.6 Å². The number of hydrogen-bond donors (Lipinski definition) is 0. The SMILES string of the molecule is Cn1ccccc1=NC(=O)C1(C)CN(CC(F)(F)F)C1. The van der Waals surface area contributed by atoms with Gasteiger partial charge in [-0.2, -0.15) is 18.2 Å². The molecule has 0 radical (unpaired) electrons. The molecule has 1 aliphatic heterocycles. The third kappa shape index (κ3) is 3.27. The number of pyridine rings is 1. The Morgan fingerprint density at radius 3 is 2.60 bits per heavy atom. The van der Waals surface area contributed by atoms with E-state index in [1.807, 2.05) is 0 Å². The fourth-order valence-electron chi connectivity index (χ4n) is 2.31. The molecule has 0 spiro atoms. The Bertz CT molecular complexity index is 571. The highest BCUT2D eigenvalue weighted by Crippen LogP contribution is 2.33. The number of alkyl halides is 3. The van der Waals surface area contributed by atoms with Gasteiger partial charge in [0.15, 0.2) is 0 Å². The van der Waals surface area contributed by atoms with Crippen LogP contribution in [0.4, 0.5) is 13.2 Å². The molecule has 0 bridgehead atoms. The average Bonchev–Trinajstić information content (AvgIpc) is 2.28. The summed E-state index contributed by atoms with van der Waals surface area (Å²) in [5, 5.41) is 0. The van der Waals surface area contributed by atoms with Crippen LogP contribution in [0.15, 0.2) is 29.4 Å². The molecule has 110 valence electrons. The molecule has 1 saturated heterocycles. The summed E-state index contributed by atoms with van der Waals surface area (Å²) in [6.45, 7) is 0.848. The zero-order chi connectivity index (χ0) is 15.0. The molecule has 1 fully saturated rings. The van der Waals surface area contributed by atoms with Gasteiger partial charge < -0.3 is 4.57 Å². The minimum Gasteiger partial charge on any atom is -0.336 e. The van der Waals surface area contributed by atoms with Gasteiger partial charge in [0.05, 0.1) is 12.0 Å². The Morgan fingerprint density at radius 2 is 2.05 bits per heavy atom. The van der Waals surface area contributed by atoms with E-state index in [2.05, 4.69) is 4.99 Å². The molecule has 0 saturated carbocycles. The van der Waals surface area contributed by atoms with Gasteiger partial charge in [-0.15, -0.1) is 0 Å². The molecule has 0 N–H and O–H groups in total. The zero-order valence-corrected chi connectivity index (χ0v) is 11.3. The van der Waals surface area contributed by atoms with Crippen molar-refractivity contribution in [3.8, 4) is 0 Å². The van der Waals surface area contributed by atoms with Gasteiger partial charge in [0.2, 0.25) is 0 Å². The quantitative estimate of drug-likeness (QED) is 0.823. The van der Waals surface area contributed by atoms with E-state index in [1.165, 1.54) is 4.90 Å². The number of halogens is 3. The molecule has 20 heavy (non-hydrogen) atoms. The number of hydrogen-bond acceptors (Lipinski definition) is 2. The molecule has 2 heterocycles. The predicted octanol–water partition coefficient (Wildman–Crippen LogP) is 1.34. The van der Waals surface area contributed by atoms with E-state index in [0.29, 0.717) is 5.49 Å². The van der Waals surface area contributed by atoms with Crippen molar-refractivity contribution >= 4 is 5.91 Å². The normalized spacial score (nSPS) is 19.8. The van der Waals surface area contributed by atoms with Crippen molar-refractivity contribution in [1.82, 2.24) is 9.47 Å². The van der Waals surface area contributed by atoms with Crippen molar-refractivity contribution in [2.75, 3.05) is 19.6 Å². The van der Waals surface area contributed by atoms with E-state index >= 15 is 0 Å². The molecule has 0 unspecified atom stereocenters. The lowest BCUT2D eigenvalue weighted by molar-refractivity contribution is -0.172. The Kier molecular flexibility index (Phi) is 3.73. The van der Waals surface area contributed by atoms with Crippen LogP contribution in [0.5, 0.6) is 0 Å². The van der Waals surface area contributed by atoms with Crippen molar-refractivity contribution in [3.63, 3.8) is 0 Å². The van der Waals surface area contributed by atoms with Gasteiger partial charge in [-0.1, -0.05) is 6.07 Å². The third-order valence-corrected chi connectivity index (χ3v) is 3.31. The monoisotopic (exact) mass is 287 g/mol. The van der Waals surface area contributed by atoms with Crippen molar-refractivity contribution in [1.29, 1.82) is 0 Å². The molecule has 1 amide bonds. The first-order valence-corrected chi connectivity index (χ1v) is 6.20. The Labute approximate surface area is 114 Å². The fraction of sp³-hybridized carbons (Fsp3) is 0.538. The zero-order valence-electron chi connectivity index (χ0n) is 11.3. The minimum atomic E-state index is -4.23. The molecule has 0 aromatic carbocycles. The van der Waals surface area contributed by atoms with E-state index in [1.54, 1.807) is 42.9 Å². The van der Waals surface area contributed by atoms with Crippen LogP contribution in [0, 0.1) is 5.41 Å². The molecular formula is C13H16F3N3O. The molecular weight excluding hydrogens is 271 g/mol. The van der Waals surface area contributed by atoms with Crippen LogP contribution in [-0.2, 0) is 11.8 Å². The van der Waals surface area contributed by atoms with Crippen LogP contribution in [0.25, 0.3) is 0 Å². The number of carbonyl (C=O) groups excluding carboxylic acids is 1. The van der Waals surface area contributed by atoms with Gasteiger partial charge >= 0.3 is 6.18 Å². The Hall–Kier alpha value is -1.63. The second kappa shape index (κ2) is 5.05. The summed E-state index contributed by atoms with van der Waals surface area (Å²) in [6.07, 6.45) is -2.47. The van der Waals surface area contributed by atoms with E-state index in [4.69, 9.17) is 0 Å². The van der Waals surface area contributed by atoms with Gasteiger partial charge in [-0.3, -0.25) is 9.69 Å². The smallest absolute Gasteiger partial charge is 0.336 e. The maximum absolute atomic E-state index is 12.2. The largest absolute Gasteiger partial charge is 0.401 e. The molecule has 7 heteroatoms.